The predicted octanol–water partition coefficient (Wildman–Crippen LogP) is 5.34. The number of aromatic carboxylic acids is 1. The molecule has 3 aromatic rings. The number of nitrogens with one attached hydrogen (secondary N) is 1. The van der Waals surface area contributed by atoms with Crippen LogP contribution in [0.3, 0.4) is 0 Å². The first kappa shape index (κ1) is 22.8. The molecule has 0 saturated heterocycles. The van der Waals surface area contributed by atoms with Gasteiger partial charge in [-0.15, -0.1) is 0 Å². The Labute approximate surface area is 193 Å². The molecular formula is C26H30N4O3. The molecule has 2 N–H and O–H groups in total. The number of unbranched alkanes of at least 4 members (excludes halogenated alkanes) is 1. The summed E-state index contributed by atoms with van der Waals surface area (Å²) < 4.78 is 0. The number of ketones is 1. The molecule has 7 nitrogen and oxygen atoms in total. The Hall–Kier alpha value is -3.35. The molecule has 33 heavy (non-hydrogen) atoms. The monoisotopic (exact) mass is 446 g/mol. The molecule has 2 heterocycles. The van der Waals surface area contributed by atoms with Gasteiger partial charge in [-0.3, -0.25) is 14.9 Å². The molecule has 0 amide bonds. The van der Waals surface area contributed by atoms with E-state index in [9.17, 15) is 14.7 Å². The van der Waals surface area contributed by atoms with Crippen molar-refractivity contribution < 1.29 is 14.7 Å². The van der Waals surface area contributed by atoms with Gasteiger partial charge in [0.1, 0.15) is 5.82 Å². The van der Waals surface area contributed by atoms with Gasteiger partial charge in [0.15, 0.2) is 0 Å². The molecule has 0 bridgehead atoms. The van der Waals surface area contributed by atoms with Crippen LogP contribution in [0.2, 0.25) is 0 Å². The Morgan fingerprint density at radius 2 is 1.97 bits per heavy atom. The number of H-pyrrole nitrogens is 1. The minimum Gasteiger partial charge on any atom is -0.478 e. The van der Waals surface area contributed by atoms with Crippen LogP contribution in [-0.4, -0.2) is 37.0 Å². The number of benzene rings is 1. The molecule has 0 aliphatic heterocycles. The van der Waals surface area contributed by atoms with Gasteiger partial charge in [-0.25, -0.2) is 9.78 Å². The van der Waals surface area contributed by atoms with Gasteiger partial charge in [0, 0.05) is 24.7 Å². The van der Waals surface area contributed by atoms with Crippen LogP contribution in [0, 0.1) is 11.8 Å². The van der Waals surface area contributed by atoms with E-state index < -0.39 is 5.97 Å². The highest BCUT2D eigenvalue weighted by Crippen LogP contribution is 2.33. The fourth-order valence-corrected chi connectivity index (χ4v) is 4.76. The lowest BCUT2D eigenvalue weighted by atomic mass is 9.77. The summed E-state index contributed by atoms with van der Waals surface area (Å²) in [6, 6.07) is 9.34. The van der Waals surface area contributed by atoms with Crippen molar-refractivity contribution in [2.24, 2.45) is 11.8 Å². The van der Waals surface area contributed by atoms with Crippen molar-refractivity contribution in [1.29, 1.82) is 0 Å². The molecule has 2 atom stereocenters. The first-order valence-corrected chi connectivity index (χ1v) is 11.8. The number of carbonyl (C=O) groups is 2. The number of hydrogen-bond acceptors (Lipinski definition) is 5. The van der Waals surface area contributed by atoms with Crippen LogP contribution in [0.4, 0.5) is 0 Å². The van der Waals surface area contributed by atoms with E-state index in [1.807, 2.05) is 24.3 Å². The summed E-state index contributed by atoms with van der Waals surface area (Å²) in [5, 5.41) is 16.5. The van der Waals surface area contributed by atoms with Crippen molar-refractivity contribution in [3.63, 3.8) is 0 Å². The number of carboxylic acids is 1. The average Bonchev–Trinajstić information content (AvgIpc) is 3.31. The number of aromatic amines is 1. The van der Waals surface area contributed by atoms with Crippen molar-refractivity contribution in [2.75, 3.05) is 0 Å². The van der Waals surface area contributed by atoms with Crippen LogP contribution in [0.15, 0.2) is 42.7 Å². The molecule has 1 aliphatic rings. The maximum absolute atomic E-state index is 13.0. The summed E-state index contributed by atoms with van der Waals surface area (Å²) in [4.78, 5) is 32.8. The first-order valence-electron chi connectivity index (χ1n) is 11.8. The topological polar surface area (TPSA) is 109 Å². The zero-order valence-electron chi connectivity index (χ0n) is 19.0. The predicted molar refractivity (Wildman–Crippen MR) is 125 cm³/mol. The van der Waals surface area contributed by atoms with Crippen molar-refractivity contribution in [3.05, 3.63) is 65.5 Å². The van der Waals surface area contributed by atoms with E-state index in [0.29, 0.717) is 29.6 Å². The summed E-state index contributed by atoms with van der Waals surface area (Å²) in [5.74, 6) is 0.688. The van der Waals surface area contributed by atoms with Gasteiger partial charge in [0.2, 0.25) is 11.6 Å². The fraction of sp³-hybridized carbons (Fsp3) is 0.423. The van der Waals surface area contributed by atoms with Gasteiger partial charge in [0.25, 0.3) is 0 Å². The van der Waals surface area contributed by atoms with E-state index >= 15 is 0 Å². The summed E-state index contributed by atoms with van der Waals surface area (Å²) in [7, 11) is 0. The maximum Gasteiger partial charge on any atom is 0.337 e. The second kappa shape index (κ2) is 10.5. The van der Waals surface area contributed by atoms with Gasteiger partial charge in [-0.2, -0.15) is 5.10 Å². The van der Waals surface area contributed by atoms with Crippen LogP contribution in [-0.2, 0) is 6.42 Å². The second-order valence-corrected chi connectivity index (χ2v) is 8.94. The smallest absolute Gasteiger partial charge is 0.337 e. The Kier molecular flexibility index (Phi) is 7.27. The van der Waals surface area contributed by atoms with Crippen LogP contribution < -0.4 is 0 Å². The van der Waals surface area contributed by atoms with Gasteiger partial charge in [-0.1, -0.05) is 63.3 Å². The molecule has 2 aromatic heterocycles. The Morgan fingerprint density at radius 3 is 2.73 bits per heavy atom. The number of Topliss-reactive ketones (excluding diaryl/α,β-unsaturated/α-hetero) is 1. The Bertz CT molecular complexity index is 1110. The molecule has 0 radical (unpaired) electrons. The first-order chi connectivity index (χ1) is 16.0. The number of carbonyl (C=O) groups excluding carboxylic acids is 1. The van der Waals surface area contributed by atoms with E-state index in [2.05, 4.69) is 27.1 Å². The van der Waals surface area contributed by atoms with E-state index in [-0.39, 0.29) is 17.3 Å². The standard InChI is InChI=1S/C26H30N4O3/c1-2-3-5-17-6-4-7-20(14-17)24(31)25-28-23(29-30-25)15-18-8-10-19(11-9-18)21-12-13-27-16-22(21)26(32)33/h8-13,16-17,20H,2-7,14-15H2,1H3,(H,32,33)(H,28,29,30). The number of carboxylic acid groups (broad SMARTS) is 1. The highest BCUT2D eigenvalue weighted by molar-refractivity contribution is 5.95. The van der Waals surface area contributed by atoms with E-state index in [1.165, 1.54) is 31.9 Å². The minimum atomic E-state index is -1.00. The van der Waals surface area contributed by atoms with E-state index in [0.717, 1.165) is 30.4 Å². The zero-order valence-corrected chi connectivity index (χ0v) is 19.0. The zero-order chi connectivity index (χ0) is 23.2. The Morgan fingerprint density at radius 1 is 1.15 bits per heavy atom. The highest BCUT2D eigenvalue weighted by Gasteiger charge is 2.29. The van der Waals surface area contributed by atoms with Crippen LogP contribution >= 0.6 is 0 Å². The fourth-order valence-electron chi connectivity index (χ4n) is 4.76. The average molecular weight is 447 g/mol. The van der Waals surface area contributed by atoms with Crippen molar-refractivity contribution >= 4 is 11.8 Å². The van der Waals surface area contributed by atoms with Gasteiger partial charge in [-0.05, 0) is 41.5 Å². The summed E-state index contributed by atoms with van der Waals surface area (Å²) in [6.07, 6.45) is 11.3. The number of aromatic nitrogens is 4. The number of nitrogens with zero attached hydrogens (tertiary/aromatic N) is 3. The molecule has 1 aliphatic carbocycles. The van der Waals surface area contributed by atoms with Gasteiger partial charge < -0.3 is 5.11 Å². The Balaban J connectivity index is 1.41. The molecule has 1 fully saturated rings. The number of rotatable bonds is 9. The van der Waals surface area contributed by atoms with Crippen molar-refractivity contribution in [3.8, 4) is 11.1 Å². The molecule has 7 heteroatoms. The third-order valence-electron chi connectivity index (χ3n) is 6.56. The van der Waals surface area contributed by atoms with Gasteiger partial charge >= 0.3 is 5.97 Å². The molecule has 0 spiro atoms. The molecule has 2 unspecified atom stereocenters. The van der Waals surface area contributed by atoms with Crippen LogP contribution in [0.5, 0.6) is 0 Å². The lowest BCUT2D eigenvalue weighted by Crippen LogP contribution is -2.24. The highest BCUT2D eigenvalue weighted by atomic mass is 16.4. The lowest BCUT2D eigenvalue weighted by Gasteiger charge is -2.27. The molecule has 172 valence electrons. The third kappa shape index (κ3) is 5.53. The minimum absolute atomic E-state index is 0.0346. The molecule has 1 saturated carbocycles. The lowest BCUT2D eigenvalue weighted by molar-refractivity contribution is 0.0697. The largest absolute Gasteiger partial charge is 0.478 e. The second-order valence-electron chi connectivity index (χ2n) is 8.94. The summed E-state index contributed by atoms with van der Waals surface area (Å²) in [5.41, 5.74) is 2.60. The number of pyridine rings is 1. The van der Waals surface area contributed by atoms with E-state index in [4.69, 9.17) is 0 Å². The normalized spacial score (nSPS) is 18.2. The third-order valence-corrected chi connectivity index (χ3v) is 6.56. The van der Waals surface area contributed by atoms with Crippen molar-refractivity contribution in [1.82, 2.24) is 20.2 Å². The van der Waals surface area contributed by atoms with Crippen LogP contribution in [0.1, 0.15) is 84.2 Å². The SMILES string of the molecule is CCCCC1CCCC(C(=O)c2n[nH]c(Cc3ccc(-c4ccncc4C(=O)O)cc3)n2)C1. The quantitative estimate of drug-likeness (QED) is 0.430. The summed E-state index contributed by atoms with van der Waals surface area (Å²) in [6.45, 7) is 2.21. The summed E-state index contributed by atoms with van der Waals surface area (Å²) >= 11 is 0. The molecular weight excluding hydrogens is 416 g/mol. The van der Waals surface area contributed by atoms with Crippen molar-refractivity contribution in [2.45, 2.75) is 58.3 Å². The van der Waals surface area contributed by atoms with Crippen LogP contribution in [0.25, 0.3) is 11.1 Å². The van der Waals surface area contributed by atoms with Gasteiger partial charge in [0.05, 0.1) is 5.56 Å². The number of hydrogen-bond donors (Lipinski definition) is 2. The van der Waals surface area contributed by atoms with E-state index in [1.54, 1.807) is 12.3 Å². The maximum atomic E-state index is 13.0. The molecule has 1 aromatic carbocycles. The molecule has 4 rings (SSSR count).